The van der Waals surface area contributed by atoms with Crippen molar-refractivity contribution in [3.05, 3.63) is 35.9 Å². The Hall–Kier alpha value is -1.20. The Labute approximate surface area is 119 Å². The Kier molecular flexibility index (Phi) is 5.31. The summed E-state index contributed by atoms with van der Waals surface area (Å²) in [6.07, 6.45) is 1.68. The highest BCUT2D eigenvalue weighted by Crippen LogP contribution is 2.47. The molecule has 1 fully saturated rings. The monoisotopic (exact) mass is 296 g/mol. The van der Waals surface area contributed by atoms with E-state index in [1.54, 1.807) is 25.0 Å². The highest BCUT2D eigenvalue weighted by atomic mass is 31.2. The van der Waals surface area contributed by atoms with Crippen LogP contribution in [-0.4, -0.2) is 56.0 Å². The summed E-state index contributed by atoms with van der Waals surface area (Å²) in [5.41, 5.74) is 0.965. The Balaban J connectivity index is 2.05. The van der Waals surface area contributed by atoms with Crippen LogP contribution in [0, 0.1) is 0 Å². The van der Waals surface area contributed by atoms with Gasteiger partial charge in [0.15, 0.2) is 0 Å². The Morgan fingerprint density at radius 3 is 2.55 bits per heavy atom. The van der Waals surface area contributed by atoms with Gasteiger partial charge >= 0.3 is 7.59 Å². The quantitative estimate of drug-likeness (QED) is 0.508. The van der Waals surface area contributed by atoms with Gasteiger partial charge in [0.2, 0.25) is 0 Å². The molecule has 0 bridgehead atoms. The summed E-state index contributed by atoms with van der Waals surface area (Å²) in [4.78, 5) is 0. The number of nitrogens with one attached hydrogen (secondary N) is 1. The number of hydrogen-bond acceptors (Lipinski definition) is 3. The van der Waals surface area contributed by atoms with Gasteiger partial charge < -0.3 is 4.74 Å². The van der Waals surface area contributed by atoms with Crippen molar-refractivity contribution in [2.24, 2.45) is 5.10 Å². The second-order valence-electron chi connectivity index (χ2n) is 4.73. The topological polar surface area (TPSA) is 57.2 Å². The summed E-state index contributed by atoms with van der Waals surface area (Å²) in [5.74, 6) is 0. The smallest absolute Gasteiger partial charge is 0.323 e. The lowest BCUT2D eigenvalue weighted by Crippen LogP contribution is -2.40. The molecular formula is C13H21N4O2P. The second kappa shape index (κ2) is 6.99. The van der Waals surface area contributed by atoms with Gasteiger partial charge in [-0.1, -0.05) is 30.3 Å². The summed E-state index contributed by atoms with van der Waals surface area (Å²) >= 11 is 0. The van der Waals surface area contributed by atoms with Crippen molar-refractivity contribution in [2.45, 2.75) is 0 Å². The molecular weight excluding hydrogens is 275 g/mol. The third-order valence-corrected chi connectivity index (χ3v) is 5.74. The molecule has 0 saturated carbocycles. The number of hydrogen-bond donors (Lipinski definition) is 1. The maximum Gasteiger partial charge on any atom is 0.323 e. The van der Waals surface area contributed by atoms with Gasteiger partial charge in [0.1, 0.15) is 0 Å². The van der Waals surface area contributed by atoms with E-state index < -0.39 is 7.59 Å². The number of benzene rings is 1. The highest BCUT2D eigenvalue weighted by molar-refractivity contribution is 7.56. The fourth-order valence-electron chi connectivity index (χ4n) is 1.95. The van der Waals surface area contributed by atoms with Crippen molar-refractivity contribution >= 4 is 13.8 Å². The van der Waals surface area contributed by atoms with Crippen LogP contribution in [0.2, 0.25) is 0 Å². The van der Waals surface area contributed by atoms with E-state index in [4.69, 9.17) is 4.74 Å². The van der Waals surface area contributed by atoms with Crippen molar-refractivity contribution in [3.63, 3.8) is 0 Å². The van der Waals surface area contributed by atoms with E-state index >= 15 is 0 Å². The lowest BCUT2D eigenvalue weighted by atomic mass is 10.2. The lowest BCUT2D eigenvalue weighted by Gasteiger charge is -2.36. The van der Waals surface area contributed by atoms with Crippen LogP contribution in [-0.2, 0) is 9.30 Å². The van der Waals surface area contributed by atoms with Crippen molar-refractivity contribution in [2.75, 3.05) is 40.4 Å². The molecule has 1 heterocycles. The summed E-state index contributed by atoms with van der Waals surface area (Å²) in [5, 5.41) is 6.98. The third-order valence-electron chi connectivity index (χ3n) is 3.11. The molecule has 1 unspecified atom stereocenters. The first-order valence-electron chi connectivity index (χ1n) is 6.59. The standard InChI is InChI=1S/C13H21N4O2P/c1-16(2)20(18,17-8-10-19-11-9-17)15-14-12-13-6-4-3-5-7-13/h3-7,12H,8-11H2,1-2H3,(H,15,18)/b14-12+. The van der Waals surface area contributed by atoms with E-state index in [1.807, 2.05) is 35.0 Å². The molecule has 7 heteroatoms. The molecule has 1 N–H and O–H groups in total. The molecule has 110 valence electrons. The van der Waals surface area contributed by atoms with Crippen LogP contribution in [0.25, 0.3) is 0 Å². The van der Waals surface area contributed by atoms with Crippen LogP contribution in [0.4, 0.5) is 0 Å². The minimum Gasteiger partial charge on any atom is -0.379 e. The molecule has 1 aliphatic heterocycles. The van der Waals surface area contributed by atoms with Crippen LogP contribution < -0.4 is 5.20 Å². The molecule has 0 aliphatic carbocycles. The molecule has 0 spiro atoms. The van der Waals surface area contributed by atoms with Crippen molar-refractivity contribution in [1.82, 2.24) is 14.5 Å². The largest absolute Gasteiger partial charge is 0.379 e. The van der Waals surface area contributed by atoms with E-state index in [0.717, 1.165) is 5.56 Å². The molecule has 0 radical (unpaired) electrons. The van der Waals surface area contributed by atoms with Crippen LogP contribution in [0.3, 0.4) is 0 Å². The van der Waals surface area contributed by atoms with E-state index in [1.165, 1.54) is 0 Å². The van der Waals surface area contributed by atoms with Crippen molar-refractivity contribution in [3.8, 4) is 0 Å². The van der Waals surface area contributed by atoms with E-state index in [9.17, 15) is 4.57 Å². The van der Waals surface area contributed by atoms with E-state index in [2.05, 4.69) is 10.3 Å². The summed E-state index contributed by atoms with van der Waals surface area (Å²) in [6, 6.07) is 9.72. The third kappa shape index (κ3) is 3.67. The zero-order valence-corrected chi connectivity index (χ0v) is 12.8. The van der Waals surface area contributed by atoms with Gasteiger partial charge in [-0.05, 0) is 19.7 Å². The number of hydrazone groups is 1. The summed E-state index contributed by atoms with van der Waals surface area (Å²) in [7, 11) is 0.721. The fourth-order valence-corrected chi connectivity index (χ4v) is 3.67. The van der Waals surface area contributed by atoms with Crippen molar-refractivity contribution in [1.29, 1.82) is 0 Å². The van der Waals surface area contributed by atoms with Gasteiger partial charge in [0.25, 0.3) is 0 Å². The van der Waals surface area contributed by atoms with E-state index in [0.29, 0.717) is 26.3 Å². The molecule has 1 atom stereocenters. The minimum atomic E-state index is -2.86. The number of ether oxygens (including phenoxy) is 1. The molecule has 20 heavy (non-hydrogen) atoms. The molecule has 1 aromatic rings. The van der Waals surface area contributed by atoms with Gasteiger partial charge in [0, 0.05) is 13.1 Å². The van der Waals surface area contributed by atoms with Crippen molar-refractivity contribution < 1.29 is 9.30 Å². The Morgan fingerprint density at radius 2 is 1.95 bits per heavy atom. The average molecular weight is 296 g/mol. The Morgan fingerprint density at radius 1 is 1.30 bits per heavy atom. The molecule has 0 aromatic heterocycles. The van der Waals surface area contributed by atoms with Gasteiger partial charge in [-0.25, -0.2) is 14.5 Å². The molecule has 2 rings (SSSR count). The van der Waals surface area contributed by atoms with Crippen LogP contribution >= 0.6 is 7.59 Å². The zero-order valence-electron chi connectivity index (χ0n) is 11.9. The van der Waals surface area contributed by atoms with Crippen LogP contribution in [0.1, 0.15) is 5.56 Å². The normalized spacial score (nSPS) is 20.1. The molecule has 6 nitrogen and oxygen atoms in total. The minimum absolute atomic E-state index is 0.599. The average Bonchev–Trinajstić information content (AvgIpc) is 2.49. The maximum absolute atomic E-state index is 13.0. The van der Waals surface area contributed by atoms with Gasteiger partial charge in [-0.3, -0.25) is 4.57 Å². The SMILES string of the molecule is CN(C)P(=O)(N/N=C/c1ccccc1)N1CCOCC1. The molecule has 1 aromatic carbocycles. The first kappa shape index (κ1) is 15.2. The first-order valence-corrected chi connectivity index (χ1v) is 8.20. The fraction of sp³-hybridized carbons (Fsp3) is 0.462. The van der Waals surface area contributed by atoms with Gasteiger partial charge in [-0.15, -0.1) is 0 Å². The number of rotatable bonds is 5. The zero-order chi connectivity index (χ0) is 14.4. The number of nitrogens with zero attached hydrogens (tertiary/aromatic N) is 3. The lowest BCUT2D eigenvalue weighted by molar-refractivity contribution is 0.0688. The van der Waals surface area contributed by atoms with E-state index in [-0.39, 0.29) is 0 Å². The maximum atomic E-state index is 13.0. The molecule has 0 amide bonds. The summed E-state index contributed by atoms with van der Waals surface area (Å²) in [6.45, 7) is 2.48. The predicted molar refractivity (Wildman–Crippen MR) is 80.9 cm³/mol. The molecule has 1 saturated heterocycles. The predicted octanol–water partition coefficient (Wildman–Crippen LogP) is 1.61. The highest BCUT2D eigenvalue weighted by Gasteiger charge is 2.34. The number of morpholine rings is 1. The van der Waals surface area contributed by atoms with Crippen LogP contribution in [0.15, 0.2) is 35.4 Å². The molecule has 1 aliphatic rings. The second-order valence-corrected chi connectivity index (χ2v) is 7.38. The van der Waals surface area contributed by atoms with Crippen LogP contribution in [0.5, 0.6) is 0 Å². The summed E-state index contributed by atoms with van der Waals surface area (Å²) < 4.78 is 21.9. The van der Waals surface area contributed by atoms with Gasteiger partial charge in [-0.2, -0.15) is 5.10 Å². The van der Waals surface area contributed by atoms with Gasteiger partial charge in [0.05, 0.1) is 19.4 Å². The Bertz CT molecular complexity index is 486. The first-order chi connectivity index (χ1) is 9.63.